The second-order valence-corrected chi connectivity index (χ2v) is 6.43. The SMILES string of the molecule is CN(CCc1cccc(F)c1)CC1CCCc2ccccc21.Cl. The normalized spacial score (nSPS) is 16.7. The Morgan fingerprint density at radius 2 is 1.96 bits per heavy atom. The molecule has 0 radical (unpaired) electrons. The zero-order chi connectivity index (χ0) is 15.4. The van der Waals surface area contributed by atoms with Crippen molar-refractivity contribution in [1.29, 1.82) is 0 Å². The van der Waals surface area contributed by atoms with Gasteiger partial charge in [-0.2, -0.15) is 0 Å². The van der Waals surface area contributed by atoms with E-state index in [2.05, 4.69) is 36.2 Å². The zero-order valence-corrected chi connectivity index (χ0v) is 14.5. The Balaban J connectivity index is 0.00000192. The second-order valence-electron chi connectivity index (χ2n) is 6.43. The van der Waals surface area contributed by atoms with Gasteiger partial charge in [-0.3, -0.25) is 0 Å². The van der Waals surface area contributed by atoms with Crippen molar-refractivity contribution in [2.45, 2.75) is 31.6 Å². The quantitative estimate of drug-likeness (QED) is 0.756. The van der Waals surface area contributed by atoms with E-state index in [1.54, 1.807) is 12.1 Å². The van der Waals surface area contributed by atoms with Gasteiger partial charge in [-0.15, -0.1) is 12.4 Å². The molecule has 0 aromatic heterocycles. The predicted molar refractivity (Wildman–Crippen MR) is 97.0 cm³/mol. The first-order valence-electron chi connectivity index (χ1n) is 8.23. The third-order valence-electron chi connectivity index (χ3n) is 4.70. The topological polar surface area (TPSA) is 3.24 Å². The fraction of sp³-hybridized carbons (Fsp3) is 0.400. The van der Waals surface area contributed by atoms with E-state index in [-0.39, 0.29) is 18.2 Å². The first kappa shape index (κ1) is 18.0. The van der Waals surface area contributed by atoms with E-state index in [1.165, 1.54) is 36.5 Å². The molecule has 0 bridgehead atoms. The van der Waals surface area contributed by atoms with Gasteiger partial charge in [0, 0.05) is 13.1 Å². The van der Waals surface area contributed by atoms with E-state index in [1.807, 2.05) is 6.07 Å². The summed E-state index contributed by atoms with van der Waals surface area (Å²) in [6.07, 6.45) is 4.70. The van der Waals surface area contributed by atoms with Crippen molar-refractivity contribution in [3.8, 4) is 0 Å². The molecule has 1 aliphatic rings. The summed E-state index contributed by atoms with van der Waals surface area (Å²) in [6.45, 7) is 2.06. The summed E-state index contributed by atoms with van der Waals surface area (Å²) >= 11 is 0. The number of hydrogen-bond acceptors (Lipinski definition) is 1. The van der Waals surface area contributed by atoms with Crippen LogP contribution in [0.25, 0.3) is 0 Å². The number of benzene rings is 2. The molecule has 124 valence electrons. The Bertz CT molecular complexity index is 629. The molecule has 0 aliphatic heterocycles. The van der Waals surface area contributed by atoms with Gasteiger partial charge < -0.3 is 4.90 Å². The summed E-state index contributed by atoms with van der Waals surface area (Å²) in [5.41, 5.74) is 4.14. The molecule has 3 heteroatoms. The maximum Gasteiger partial charge on any atom is 0.123 e. The highest BCUT2D eigenvalue weighted by atomic mass is 35.5. The molecule has 0 amide bonds. The molecule has 0 saturated carbocycles. The molecule has 0 N–H and O–H groups in total. The molecule has 3 rings (SSSR count). The highest BCUT2D eigenvalue weighted by Crippen LogP contribution is 2.31. The summed E-state index contributed by atoms with van der Waals surface area (Å²) in [4.78, 5) is 2.39. The number of rotatable bonds is 5. The summed E-state index contributed by atoms with van der Waals surface area (Å²) in [5, 5.41) is 0. The highest BCUT2D eigenvalue weighted by molar-refractivity contribution is 5.85. The van der Waals surface area contributed by atoms with E-state index >= 15 is 0 Å². The van der Waals surface area contributed by atoms with Crippen LogP contribution in [0.2, 0.25) is 0 Å². The van der Waals surface area contributed by atoms with Crippen LogP contribution in [-0.2, 0) is 12.8 Å². The second kappa shape index (κ2) is 8.47. The van der Waals surface area contributed by atoms with Crippen LogP contribution in [0, 0.1) is 5.82 Å². The van der Waals surface area contributed by atoms with Crippen LogP contribution in [0.15, 0.2) is 48.5 Å². The average molecular weight is 334 g/mol. The van der Waals surface area contributed by atoms with Gasteiger partial charge in [0.05, 0.1) is 0 Å². The van der Waals surface area contributed by atoms with E-state index in [4.69, 9.17) is 0 Å². The minimum Gasteiger partial charge on any atom is -0.305 e. The van der Waals surface area contributed by atoms with E-state index in [0.717, 1.165) is 25.1 Å². The Kier molecular flexibility index (Phi) is 6.61. The Morgan fingerprint density at radius 3 is 2.78 bits per heavy atom. The monoisotopic (exact) mass is 333 g/mol. The molecule has 1 nitrogen and oxygen atoms in total. The molecule has 23 heavy (non-hydrogen) atoms. The van der Waals surface area contributed by atoms with E-state index < -0.39 is 0 Å². The van der Waals surface area contributed by atoms with E-state index in [0.29, 0.717) is 5.92 Å². The van der Waals surface area contributed by atoms with Crippen molar-refractivity contribution in [2.75, 3.05) is 20.1 Å². The van der Waals surface area contributed by atoms with Crippen molar-refractivity contribution in [3.05, 3.63) is 71.0 Å². The van der Waals surface area contributed by atoms with Crippen LogP contribution in [0.4, 0.5) is 4.39 Å². The first-order chi connectivity index (χ1) is 10.7. The van der Waals surface area contributed by atoms with E-state index in [9.17, 15) is 4.39 Å². The molecule has 1 unspecified atom stereocenters. The van der Waals surface area contributed by atoms with Gasteiger partial charge in [0.25, 0.3) is 0 Å². The zero-order valence-electron chi connectivity index (χ0n) is 13.7. The van der Waals surface area contributed by atoms with Crippen molar-refractivity contribution in [1.82, 2.24) is 4.90 Å². The number of likely N-dealkylation sites (N-methyl/N-ethyl adjacent to an activating group) is 1. The highest BCUT2D eigenvalue weighted by Gasteiger charge is 2.20. The lowest BCUT2D eigenvalue weighted by Gasteiger charge is -2.29. The van der Waals surface area contributed by atoms with Crippen LogP contribution in [0.1, 0.15) is 35.4 Å². The van der Waals surface area contributed by atoms with Crippen molar-refractivity contribution in [2.24, 2.45) is 0 Å². The molecular formula is C20H25ClFN. The molecule has 1 atom stereocenters. The minimum atomic E-state index is -0.138. The van der Waals surface area contributed by atoms with Gasteiger partial charge in [0.15, 0.2) is 0 Å². The van der Waals surface area contributed by atoms with Crippen LogP contribution in [0.5, 0.6) is 0 Å². The summed E-state index contributed by atoms with van der Waals surface area (Å²) in [6, 6.07) is 15.8. The first-order valence-corrected chi connectivity index (χ1v) is 8.23. The number of fused-ring (bicyclic) bond motifs is 1. The molecule has 0 saturated heterocycles. The molecule has 0 spiro atoms. The standard InChI is InChI=1S/C20H24FN.ClH/c1-22(13-12-16-6-4-10-19(21)14-16)15-18-9-5-8-17-7-2-3-11-20(17)18;/h2-4,6-7,10-11,14,18H,5,8-9,12-13,15H2,1H3;1H. The fourth-order valence-electron chi connectivity index (χ4n) is 3.52. The van der Waals surface area contributed by atoms with Gasteiger partial charge in [-0.1, -0.05) is 36.4 Å². The van der Waals surface area contributed by atoms with Crippen LogP contribution < -0.4 is 0 Å². The van der Waals surface area contributed by atoms with Crippen LogP contribution in [0.3, 0.4) is 0 Å². The Hall–Kier alpha value is -1.38. The number of nitrogens with zero attached hydrogens (tertiary/aromatic N) is 1. The molecular weight excluding hydrogens is 309 g/mol. The third kappa shape index (κ3) is 4.79. The largest absolute Gasteiger partial charge is 0.305 e. The predicted octanol–water partition coefficient (Wildman–Crippen LogP) is 4.84. The number of hydrogen-bond donors (Lipinski definition) is 0. The fourth-order valence-corrected chi connectivity index (χ4v) is 3.52. The smallest absolute Gasteiger partial charge is 0.123 e. The van der Waals surface area contributed by atoms with Crippen molar-refractivity contribution < 1.29 is 4.39 Å². The van der Waals surface area contributed by atoms with Crippen molar-refractivity contribution in [3.63, 3.8) is 0 Å². The lowest BCUT2D eigenvalue weighted by molar-refractivity contribution is 0.301. The lowest BCUT2D eigenvalue weighted by Crippen LogP contribution is -2.28. The minimum absolute atomic E-state index is 0. The van der Waals surface area contributed by atoms with Gasteiger partial charge in [-0.25, -0.2) is 4.39 Å². The molecule has 1 aliphatic carbocycles. The van der Waals surface area contributed by atoms with Gasteiger partial charge in [-0.05, 0) is 67.5 Å². The maximum absolute atomic E-state index is 13.2. The molecule has 0 fully saturated rings. The summed E-state index contributed by atoms with van der Waals surface area (Å²) in [7, 11) is 2.18. The van der Waals surface area contributed by atoms with Crippen LogP contribution in [-0.4, -0.2) is 25.0 Å². The van der Waals surface area contributed by atoms with Gasteiger partial charge in [0.2, 0.25) is 0 Å². The average Bonchev–Trinajstić information content (AvgIpc) is 2.53. The maximum atomic E-state index is 13.2. The van der Waals surface area contributed by atoms with Gasteiger partial charge in [0.1, 0.15) is 5.82 Å². The third-order valence-corrected chi connectivity index (χ3v) is 4.70. The molecule has 2 aromatic rings. The summed E-state index contributed by atoms with van der Waals surface area (Å²) < 4.78 is 13.2. The van der Waals surface area contributed by atoms with Gasteiger partial charge >= 0.3 is 0 Å². The number of halogens is 2. The van der Waals surface area contributed by atoms with Crippen molar-refractivity contribution >= 4 is 12.4 Å². The van der Waals surface area contributed by atoms with Crippen LogP contribution >= 0.6 is 12.4 Å². The Labute approximate surface area is 144 Å². The summed E-state index contributed by atoms with van der Waals surface area (Å²) in [5.74, 6) is 0.504. The Morgan fingerprint density at radius 1 is 1.13 bits per heavy atom. The molecule has 0 heterocycles. The number of aryl methyl sites for hydroxylation is 1. The lowest BCUT2D eigenvalue weighted by atomic mass is 9.82. The molecule has 2 aromatic carbocycles.